The predicted octanol–water partition coefficient (Wildman–Crippen LogP) is 1.81. The number of carbonyl (C=O) groups is 1. The van der Waals surface area contributed by atoms with Crippen LogP contribution in [0.2, 0.25) is 6.04 Å². The second-order valence-corrected chi connectivity index (χ2v) is 7.39. The first-order chi connectivity index (χ1) is 10.5. The van der Waals surface area contributed by atoms with Crippen molar-refractivity contribution in [3.05, 3.63) is 0 Å². The average molecular weight is 337 g/mol. The van der Waals surface area contributed by atoms with E-state index in [1.54, 1.807) is 4.90 Å². The molecular weight excluding hydrogens is 306 g/mol. The van der Waals surface area contributed by atoms with E-state index in [0.717, 1.165) is 6.42 Å². The molecular formula is C14H31NO6Si. The summed E-state index contributed by atoms with van der Waals surface area (Å²) in [5.74, 6) is -0.859. The van der Waals surface area contributed by atoms with Crippen LogP contribution in [0.3, 0.4) is 0 Å². The van der Waals surface area contributed by atoms with Crippen molar-refractivity contribution >= 4 is 14.8 Å². The van der Waals surface area contributed by atoms with E-state index in [2.05, 4.69) is 0 Å². The van der Waals surface area contributed by atoms with E-state index in [4.69, 9.17) is 23.1 Å². The summed E-state index contributed by atoms with van der Waals surface area (Å²) in [6.45, 7) is 10.7. The molecule has 8 heteroatoms. The van der Waals surface area contributed by atoms with Gasteiger partial charge in [0.05, 0.1) is 13.3 Å². The van der Waals surface area contributed by atoms with Crippen molar-refractivity contribution in [2.45, 2.75) is 40.2 Å². The lowest BCUT2D eigenvalue weighted by atomic mass is 10.4. The topological polar surface area (TPSA) is 77.5 Å². The molecule has 22 heavy (non-hydrogen) atoms. The van der Waals surface area contributed by atoms with Crippen molar-refractivity contribution in [3.8, 4) is 0 Å². The van der Waals surface area contributed by atoms with E-state index >= 15 is 0 Å². The Morgan fingerprint density at radius 3 is 1.95 bits per heavy atom. The van der Waals surface area contributed by atoms with Crippen LogP contribution in [0.1, 0.15) is 34.1 Å². The summed E-state index contributed by atoms with van der Waals surface area (Å²) in [5, 5.41) is 8.93. The molecule has 132 valence electrons. The zero-order chi connectivity index (χ0) is 16.8. The fraction of sp³-hybridized carbons (Fsp3) is 0.929. The van der Waals surface area contributed by atoms with Gasteiger partial charge in [0.25, 0.3) is 0 Å². The van der Waals surface area contributed by atoms with Gasteiger partial charge in [0.2, 0.25) is 0 Å². The number of carboxylic acid groups (broad SMARTS) is 1. The maximum atomic E-state index is 10.9. The van der Waals surface area contributed by atoms with Crippen LogP contribution >= 0.6 is 0 Å². The fourth-order valence-electron chi connectivity index (χ4n) is 2.12. The van der Waals surface area contributed by atoms with Crippen LogP contribution in [-0.4, -0.2) is 71.0 Å². The first kappa shape index (κ1) is 21.5. The van der Waals surface area contributed by atoms with Crippen LogP contribution in [0, 0.1) is 0 Å². The summed E-state index contributed by atoms with van der Waals surface area (Å²) in [6.07, 6.45) is 0.743. The summed E-state index contributed by atoms with van der Waals surface area (Å²) in [4.78, 5) is 12.6. The molecule has 0 rings (SSSR count). The molecule has 0 aliphatic carbocycles. The van der Waals surface area contributed by atoms with E-state index in [1.165, 1.54) is 0 Å². The number of nitrogens with zero attached hydrogens (tertiary/aromatic N) is 1. The third-order valence-electron chi connectivity index (χ3n) is 2.89. The third-order valence-corrected chi connectivity index (χ3v) is 6.04. The van der Waals surface area contributed by atoms with E-state index in [1.807, 2.05) is 27.7 Å². The van der Waals surface area contributed by atoms with Crippen LogP contribution < -0.4 is 0 Å². The Hall–Kier alpha value is -0.513. The monoisotopic (exact) mass is 337 g/mol. The Morgan fingerprint density at radius 1 is 1.00 bits per heavy atom. The molecule has 1 N–H and O–H groups in total. The van der Waals surface area contributed by atoms with Crippen molar-refractivity contribution in [1.29, 1.82) is 0 Å². The summed E-state index contributed by atoms with van der Waals surface area (Å²) >= 11 is 0. The minimum atomic E-state index is -2.65. The number of carboxylic acids is 1. The SMILES string of the molecule is CCOCN(CCC[Si](OCC)(OCC)OCC)CC(=O)O. The second-order valence-electron chi connectivity index (χ2n) is 4.65. The third kappa shape index (κ3) is 9.49. The molecule has 0 aliphatic heterocycles. The highest BCUT2D eigenvalue weighted by Crippen LogP contribution is 2.18. The molecule has 0 radical (unpaired) electrons. The van der Waals surface area contributed by atoms with Gasteiger partial charge in [0, 0.05) is 39.0 Å². The number of hydrogen-bond donors (Lipinski definition) is 1. The molecule has 7 nitrogen and oxygen atoms in total. The normalized spacial score (nSPS) is 12.0. The van der Waals surface area contributed by atoms with Gasteiger partial charge in [-0.05, 0) is 34.1 Å². The Labute approximate surface area is 134 Å². The standard InChI is InChI=1S/C14H31NO6Si/c1-5-18-13-15(12-14(16)17)10-9-11-22(19-6-2,20-7-3)21-8-4/h5-13H2,1-4H3,(H,16,17). The van der Waals surface area contributed by atoms with Gasteiger partial charge in [-0.2, -0.15) is 0 Å². The molecule has 0 bridgehead atoms. The van der Waals surface area contributed by atoms with Gasteiger partial charge in [-0.15, -0.1) is 0 Å². The number of rotatable bonds is 15. The molecule has 0 saturated heterocycles. The highest BCUT2D eigenvalue weighted by atomic mass is 28.4. The van der Waals surface area contributed by atoms with Crippen LogP contribution in [-0.2, 0) is 22.8 Å². The summed E-state index contributed by atoms with van der Waals surface area (Å²) in [7, 11) is -2.65. The summed E-state index contributed by atoms with van der Waals surface area (Å²) < 4.78 is 22.7. The van der Waals surface area contributed by atoms with Gasteiger partial charge in [-0.1, -0.05) is 0 Å². The van der Waals surface area contributed by atoms with Gasteiger partial charge in [0.1, 0.15) is 0 Å². The van der Waals surface area contributed by atoms with Crippen molar-refractivity contribution in [2.24, 2.45) is 0 Å². The predicted molar refractivity (Wildman–Crippen MR) is 85.8 cm³/mol. The van der Waals surface area contributed by atoms with E-state index in [-0.39, 0.29) is 6.54 Å². The minimum absolute atomic E-state index is 0.0353. The molecule has 0 spiro atoms. The van der Waals surface area contributed by atoms with E-state index in [0.29, 0.717) is 45.7 Å². The Kier molecular flexibility index (Phi) is 12.7. The van der Waals surface area contributed by atoms with Crippen LogP contribution in [0.25, 0.3) is 0 Å². The Bertz CT molecular complexity index is 275. The lowest BCUT2D eigenvalue weighted by Crippen LogP contribution is -2.46. The Morgan fingerprint density at radius 2 is 1.55 bits per heavy atom. The minimum Gasteiger partial charge on any atom is -0.480 e. The molecule has 0 fully saturated rings. The molecule has 0 saturated carbocycles. The molecule has 0 atom stereocenters. The highest BCUT2D eigenvalue weighted by molar-refractivity contribution is 6.60. The average Bonchev–Trinajstić information content (AvgIpc) is 2.45. The quantitative estimate of drug-likeness (QED) is 0.361. The number of ether oxygens (including phenoxy) is 1. The zero-order valence-corrected chi connectivity index (χ0v) is 15.3. The molecule has 0 aromatic rings. The van der Waals surface area contributed by atoms with Gasteiger partial charge in [0.15, 0.2) is 0 Å². The second kappa shape index (κ2) is 13.0. The van der Waals surface area contributed by atoms with Crippen molar-refractivity contribution in [2.75, 3.05) is 46.2 Å². The first-order valence-corrected chi connectivity index (χ1v) is 9.90. The van der Waals surface area contributed by atoms with Crippen LogP contribution in [0.4, 0.5) is 0 Å². The fourth-order valence-corrected chi connectivity index (χ4v) is 4.71. The molecule has 0 unspecified atom stereocenters. The van der Waals surface area contributed by atoms with Gasteiger partial charge in [-0.3, -0.25) is 9.69 Å². The van der Waals surface area contributed by atoms with Gasteiger partial charge in [-0.25, -0.2) is 0 Å². The van der Waals surface area contributed by atoms with E-state index < -0.39 is 14.8 Å². The van der Waals surface area contributed by atoms with E-state index in [9.17, 15) is 4.79 Å². The molecule has 0 heterocycles. The van der Waals surface area contributed by atoms with Gasteiger partial charge >= 0.3 is 14.8 Å². The van der Waals surface area contributed by atoms with Crippen LogP contribution in [0.15, 0.2) is 0 Å². The zero-order valence-electron chi connectivity index (χ0n) is 14.3. The lowest BCUT2D eigenvalue weighted by Gasteiger charge is -2.29. The lowest BCUT2D eigenvalue weighted by molar-refractivity contribution is -0.139. The first-order valence-electron chi connectivity index (χ1n) is 7.97. The van der Waals surface area contributed by atoms with Gasteiger partial charge < -0.3 is 23.1 Å². The summed E-state index contributed by atoms with van der Waals surface area (Å²) in [5.41, 5.74) is 0. The molecule has 0 aliphatic rings. The number of hydrogen-bond acceptors (Lipinski definition) is 6. The summed E-state index contributed by atoms with van der Waals surface area (Å²) in [6, 6.07) is 0.671. The number of aliphatic carboxylic acids is 1. The molecule has 0 amide bonds. The van der Waals surface area contributed by atoms with Crippen LogP contribution in [0.5, 0.6) is 0 Å². The molecule has 0 aromatic heterocycles. The van der Waals surface area contributed by atoms with Crippen molar-refractivity contribution < 1.29 is 27.9 Å². The maximum Gasteiger partial charge on any atom is 0.500 e. The Balaban J connectivity index is 4.48. The van der Waals surface area contributed by atoms with Crippen molar-refractivity contribution in [3.63, 3.8) is 0 Å². The van der Waals surface area contributed by atoms with Crippen molar-refractivity contribution in [1.82, 2.24) is 4.90 Å². The maximum absolute atomic E-state index is 10.9. The largest absolute Gasteiger partial charge is 0.500 e. The highest BCUT2D eigenvalue weighted by Gasteiger charge is 2.39. The smallest absolute Gasteiger partial charge is 0.480 e. The molecule has 0 aromatic carbocycles.